The summed E-state index contributed by atoms with van der Waals surface area (Å²) in [6.07, 6.45) is 1.77. The first-order valence-corrected chi connectivity index (χ1v) is 5.72. The van der Waals surface area contributed by atoms with Crippen molar-refractivity contribution in [1.82, 2.24) is 15.3 Å². The van der Waals surface area contributed by atoms with E-state index in [-0.39, 0.29) is 5.82 Å². The molecule has 1 aromatic carbocycles. The molecule has 0 aliphatic rings. The zero-order valence-electron chi connectivity index (χ0n) is 10.0. The Morgan fingerprint density at radius 3 is 2.94 bits per heavy atom. The minimum atomic E-state index is -0.202. The molecule has 0 saturated carbocycles. The van der Waals surface area contributed by atoms with E-state index < -0.39 is 0 Å². The lowest BCUT2D eigenvalue weighted by Crippen LogP contribution is -2.11. The van der Waals surface area contributed by atoms with E-state index in [1.165, 1.54) is 6.07 Å². The van der Waals surface area contributed by atoms with Crippen LogP contribution >= 0.6 is 0 Å². The van der Waals surface area contributed by atoms with E-state index in [2.05, 4.69) is 15.3 Å². The van der Waals surface area contributed by atoms with Crippen molar-refractivity contribution in [2.45, 2.75) is 20.4 Å². The number of hydrogen-bond acceptors (Lipinski definition) is 2. The van der Waals surface area contributed by atoms with Gasteiger partial charge in [-0.15, -0.1) is 0 Å². The van der Waals surface area contributed by atoms with Crippen LogP contribution in [-0.4, -0.2) is 16.5 Å². The van der Waals surface area contributed by atoms with Crippen molar-refractivity contribution in [2.24, 2.45) is 0 Å². The van der Waals surface area contributed by atoms with Crippen LogP contribution in [0.2, 0.25) is 0 Å². The highest BCUT2D eigenvalue weighted by Gasteiger charge is 2.05. The number of rotatable bonds is 4. The number of benzene rings is 1. The lowest BCUT2D eigenvalue weighted by Gasteiger charge is -2.00. The maximum Gasteiger partial charge on any atom is 0.137 e. The summed E-state index contributed by atoms with van der Waals surface area (Å²) < 4.78 is 13.4. The molecule has 0 aliphatic carbocycles. The van der Waals surface area contributed by atoms with Crippen LogP contribution in [0.15, 0.2) is 24.4 Å². The molecule has 0 fully saturated rings. The summed E-state index contributed by atoms with van der Waals surface area (Å²) in [7, 11) is 0. The smallest absolute Gasteiger partial charge is 0.137 e. The molecular weight excluding hydrogens is 217 g/mol. The van der Waals surface area contributed by atoms with Crippen molar-refractivity contribution in [3.8, 4) is 11.4 Å². The summed E-state index contributed by atoms with van der Waals surface area (Å²) in [5.74, 6) is 0.504. The lowest BCUT2D eigenvalue weighted by molar-refractivity contribution is 0.619. The predicted molar refractivity (Wildman–Crippen MR) is 66.1 cm³/mol. The summed E-state index contributed by atoms with van der Waals surface area (Å²) in [6, 6.07) is 5.14. The summed E-state index contributed by atoms with van der Waals surface area (Å²) in [5, 5.41) is 3.20. The van der Waals surface area contributed by atoms with E-state index >= 15 is 0 Å². The Kier molecular flexibility index (Phi) is 3.54. The molecule has 2 N–H and O–H groups in total. The molecule has 1 heterocycles. The third kappa shape index (κ3) is 2.71. The SMILES string of the molecule is CCNCc1cnc(-c2ccc(C)c(F)c2)[nH]1. The van der Waals surface area contributed by atoms with E-state index in [9.17, 15) is 4.39 Å². The van der Waals surface area contributed by atoms with Crippen LogP contribution < -0.4 is 5.32 Å². The van der Waals surface area contributed by atoms with Gasteiger partial charge in [0.2, 0.25) is 0 Å². The first kappa shape index (κ1) is 11.8. The quantitative estimate of drug-likeness (QED) is 0.852. The fourth-order valence-electron chi connectivity index (χ4n) is 1.60. The van der Waals surface area contributed by atoms with Crippen LogP contribution in [-0.2, 0) is 6.54 Å². The van der Waals surface area contributed by atoms with E-state index in [4.69, 9.17) is 0 Å². The Morgan fingerprint density at radius 1 is 1.41 bits per heavy atom. The van der Waals surface area contributed by atoms with Gasteiger partial charge < -0.3 is 10.3 Å². The second-order valence-corrected chi connectivity index (χ2v) is 4.00. The maximum atomic E-state index is 13.4. The third-order valence-corrected chi connectivity index (χ3v) is 2.64. The molecule has 0 aliphatic heterocycles. The van der Waals surface area contributed by atoms with E-state index in [1.54, 1.807) is 19.2 Å². The van der Waals surface area contributed by atoms with Gasteiger partial charge in [0.25, 0.3) is 0 Å². The largest absolute Gasteiger partial charge is 0.341 e. The normalized spacial score (nSPS) is 10.8. The molecule has 0 unspecified atom stereocenters. The van der Waals surface area contributed by atoms with Crippen LogP contribution in [0.5, 0.6) is 0 Å². The van der Waals surface area contributed by atoms with Crippen LogP contribution in [0.3, 0.4) is 0 Å². The number of halogens is 1. The van der Waals surface area contributed by atoms with Gasteiger partial charge in [-0.05, 0) is 25.1 Å². The second-order valence-electron chi connectivity index (χ2n) is 4.00. The van der Waals surface area contributed by atoms with Crippen molar-refractivity contribution in [2.75, 3.05) is 6.54 Å². The highest BCUT2D eigenvalue weighted by molar-refractivity contribution is 5.55. The number of hydrogen-bond donors (Lipinski definition) is 2. The van der Waals surface area contributed by atoms with Gasteiger partial charge in [-0.3, -0.25) is 0 Å². The first-order chi connectivity index (χ1) is 8.20. The highest BCUT2D eigenvalue weighted by Crippen LogP contribution is 2.18. The fraction of sp³-hybridized carbons (Fsp3) is 0.308. The number of nitrogens with one attached hydrogen (secondary N) is 2. The van der Waals surface area contributed by atoms with Crippen molar-refractivity contribution in [3.05, 3.63) is 41.5 Å². The molecule has 0 bridgehead atoms. The molecule has 4 heteroatoms. The van der Waals surface area contributed by atoms with E-state index in [1.807, 2.05) is 13.0 Å². The van der Waals surface area contributed by atoms with Gasteiger partial charge in [0.05, 0.1) is 0 Å². The average molecular weight is 233 g/mol. The fourth-order valence-corrected chi connectivity index (χ4v) is 1.60. The van der Waals surface area contributed by atoms with Crippen LogP contribution in [0.4, 0.5) is 4.39 Å². The first-order valence-electron chi connectivity index (χ1n) is 5.72. The molecule has 1 aromatic heterocycles. The van der Waals surface area contributed by atoms with Crippen molar-refractivity contribution in [1.29, 1.82) is 0 Å². The topological polar surface area (TPSA) is 40.7 Å². The molecule has 0 saturated heterocycles. The second kappa shape index (κ2) is 5.10. The number of aromatic nitrogens is 2. The molecular formula is C13H16FN3. The highest BCUT2D eigenvalue weighted by atomic mass is 19.1. The molecule has 3 nitrogen and oxygen atoms in total. The number of imidazole rings is 1. The molecule has 2 aromatic rings. The monoisotopic (exact) mass is 233 g/mol. The van der Waals surface area contributed by atoms with Crippen LogP contribution in [0.1, 0.15) is 18.2 Å². The average Bonchev–Trinajstić information content (AvgIpc) is 2.79. The van der Waals surface area contributed by atoms with Crippen molar-refractivity contribution >= 4 is 0 Å². The minimum absolute atomic E-state index is 0.202. The van der Waals surface area contributed by atoms with Gasteiger partial charge in [-0.2, -0.15) is 0 Å². The summed E-state index contributed by atoms with van der Waals surface area (Å²) in [4.78, 5) is 7.42. The molecule has 17 heavy (non-hydrogen) atoms. The Morgan fingerprint density at radius 2 is 2.24 bits per heavy atom. The van der Waals surface area contributed by atoms with Crippen LogP contribution in [0, 0.1) is 12.7 Å². The summed E-state index contributed by atoms with van der Waals surface area (Å²) >= 11 is 0. The van der Waals surface area contributed by atoms with Gasteiger partial charge in [-0.1, -0.05) is 19.1 Å². The van der Waals surface area contributed by atoms with Gasteiger partial charge in [0.1, 0.15) is 11.6 Å². The van der Waals surface area contributed by atoms with Gasteiger partial charge >= 0.3 is 0 Å². The Labute approximate surface area is 100 Å². The zero-order valence-corrected chi connectivity index (χ0v) is 10.0. The third-order valence-electron chi connectivity index (χ3n) is 2.64. The Balaban J connectivity index is 2.21. The summed E-state index contributed by atoms with van der Waals surface area (Å²) in [6.45, 7) is 5.45. The number of aromatic amines is 1. The van der Waals surface area contributed by atoms with Gasteiger partial charge in [0, 0.05) is 24.0 Å². The van der Waals surface area contributed by atoms with Crippen molar-refractivity contribution in [3.63, 3.8) is 0 Å². The standard InChI is InChI=1S/C13H16FN3/c1-3-15-7-11-8-16-13(17-11)10-5-4-9(2)12(14)6-10/h4-6,8,15H,3,7H2,1-2H3,(H,16,17). The number of nitrogens with zero attached hydrogens (tertiary/aromatic N) is 1. The molecule has 0 radical (unpaired) electrons. The molecule has 90 valence electrons. The minimum Gasteiger partial charge on any atom is -0.341 e. The Hall–Kier alpha value is -1.68. The lowest BCUT2D eigenvalue weighted by atomic mass is 10.1. The Bertz CT molecular complexity index is 505. The number of H-pyrrole nitrogens is 1. The molecule has 0 atom stereocenters. The van der Waals surface area contributed by atoms with Crippen LogP contribution in [0.25, 0.3) is 11.4 Å². The van der Waals surface area contributed by atoms with E-state index in [0.29, 0.717) is 11.4 Å². The predicted octanol–water partition coefficient (Wildman–Crippen LogP) is 2.63. The molecule has 0 spiro atoms. The zero-order chi connectivity index (χ0) is 12.3. The number of aryl methyl sites for hydroxylation is 1. The summed E-state index contributed by atoms with van der Waals surface area (Å²) in [5.41, 5.74) is 2.42. The molecule has 2 rings (SSSR count). The maximum absolute atomic E-state index is 13.4. The molecule has 0 amide bonds. The van der Waals surface area contributed by atoms with Gasteiger partial charge in [-0.25, -0.2) is 9.37 Å². The van der Waals surface area contributed by atoms with E-state index in [0.717, 1.165) is 24.3 Å². The van der Waals surface area contributed by atoms with Gasteiger partial charge in [0.15, 0.2) is 0 Å². The van der Waals surface area contributed by atoms with Crippen molar-refractivity contribution < 1.29 is 4.39 Å².